The zero-order valence-electron chi connectivity index (χ0n) is 17.1. The molecule has 1 saturated heterocycles. The Morgan fingerprint density at radius 1 is 1.24 bits per heavy atom. The van der Waals surface area contributed by atoms with E-state index in [1.807, 2.05) is 6.20 Å². The maximum atomic E-state index is 6.07. The summed E-state index contributed by atoms with van der Waals surface area (Å²) in [6.45, 7) is 4.25. The zero-order chi connectivity index (χ0) is 19.8. The van der Waals surface area contributed by atoms with Gasteiger partial charge in [-0.3, -0.25) is 0 Å². The minimum absolute atomic E-state index is 0.100. The number of quaternary nitrogens is 1. The Morgan fingerprint density at radius 2 is 2.10 bits per heavy atom. The van der Waals surface area contributed by atoms with Gasteiger partial charge in [0.2, 0.25) is 0 Å². The summed E-state index contributed by atoms with van der Waals surface area (Å²) in [5.74, 6) is 1.57. The summed E-state index contributed by atoms with van der Waals surface area (Å²) in [6, 6.07) is 0. The molecule has 1 aromatic rings. The highest BCUT2D eigenvalue weighted by Crippen LogP contribution is 2.43. The second-order valence-corrected chi connectivity index (χ2v) is 7.88. The van der Waals surface area contributed by atoms with Gasteiger partial charge < -0.3 is 15.0 Å². The number of ether oxygens (including phenoxy) is 1. The van der Waals surface area contributed by atoms with Crippen LogP contribution in [0.15, 0.2) is 41.5 Å². The fourth-order valence-electron chi connectivity index (χ4n) is 4.86. The van der Waals surface area contributed by atoms with Crippen molar-refractivity contribution in [2.75, 3.05) is 45.7 Å². The maximum Gasteiger partial charge on any atom is 0.335 e. The molecule has 0 radical (unpaired) electrons. The Kier molecular flexibility index (Phi) is 4.73. The monoisotopic (exact) mass is 394 g/mol. The molecule has 152 valence electrons. The standard InChI is InChI=1S/C22H28N5O2/c1-28-19-13-16-7-3-4-8-18(16)21-20-17(15-27(19,21)29-2)14-24-25-22(20)23-9-12-26-10-5-6-11-26/h4,8,13-15H,3,5-7,9-12H2,1-2H3,(H,23,25)/q+1. The normalized spacial score (nSPS) is 25.3. The predicted octanol–water partition coefficient (Wildman–Crippen LogP) is 1.37. The van der Waals surface area contributed by atoms with Gasteiger partial charge in [-0.2, -0.15) is 9.94 Å². The third-order valence-electron chi connectivity index (χ3n) is 6.28. The van der Waals surface area contributed by atoms with Gasteiger partial charge in [0.25, 0.3) is 0 Å². The predicted molar refractivity (Wildman–Crippen MR) is 111 cm³/mol. The molecule has 1 unspecified atom stereocenters. The molecule has 1 atom stereocenters. The van der Waals surface area contributed by atoms with Crippen LogP contribution in [0.2, 0.25) is 0 Å². The lowest BCUT2D eigenvalue weighted by Crippen LogP contribution is -2.42. The topological polar surface area (TPSA) is 59.5 Å². The highest BCUT2D eigenvalue weighted by molar-refractivity contribution is 5.74. The number of hydrogen-bond acceptors (Lipinski definition) is 6. The van der Waals surface area contributed by atoms with E-state index in [1.54, 1.807) is 14.2 Å². The first-order valence-corrected chi connectivity index (χ1v) is 10.4. The number of nitrogens with zero attached hydrogens (tertiary/aromatic N) is 4. The summed E-state index contributed by atoms with van der Waals surface area (Å²) in [6.07, 6.45) is 15.1. The molecule has 1 fully saturated rings. The summed E-state index contributed by atoms with van der Waals surface area (Å²) < 4.78 is 5.90. The minimum atomic E-state index is 0.100. The average Bonchev–Trinajstić information content (AvgIpc) is 3.39. The summed E-state index contributed by atoms with van der Waals surface area (Å²) in [7, 11) is 3.42. The third-order valence-corrected chi connectivity index (χ3v) is 6.28. The van der Waals surface area contributed by atoms with Crippen molar-refractivity contribution in [1.29, 1.82) is 0 Å². The van der Waals surface area contributed by atoms with Crippen molar-refractivity contribution < 1.29 is 14.2 Å². The quantitative estimate of drug-likeness (QED) is 0.736. The largest absolute Gasteiger partial charge is 0.452 e. The molecule has 0 aromatic carbocycles. The average molecular weight is 394 g/mol. The molecule has 1 N–H and O–H groups in total. The van der Waals surface area contributed by atoms with Gasteiger partial charge in [-0.25, -0.2) is 0 Å². The molecular formula is C22H28N5O2+. The molecule has 29 heavy (non-hydrogen) atoms. The van der Waals surface area contributed by atoms with Crippen LogP contribution in [0.4, 0.5) is 5.82 Å². The molecular weight excluding hydrogens is 366 g/mol. The maximum absolute atomic E-state index is 6.07. The van der Waals surface area contributed by atoms with Crippen LogP contribution >= 0.6 is 0 Å². The number of hydrogen-bond donors (Lipinski definition) is 1. The first-order chi connectivity index (χ1) is 14.3. The molecule has 4 heterocycles. The van der Waals surface area contributed by atoms with Gasteiger partial charge in [-0.1, -0.05) is 16.8 Å². The number of hydroxylamine groups is 3. The van der Waals surface area contributed by atoms with Gasteiger partial charge in [0, 0.05) is 24.7 Å². The molecule has 7 heteroatoms. The zero-order valence-corrected chi connectivity index (χ0v) is 17.1. The second-order valence-electron chi connectivity index (χ2n) is 7.88. The number of methoxy groups -OCH3 is 1. The van der Waals surface area contributed by atoms with Crippen LogP contribution in [-0.4, -0.2) is 60.1 Å². The lowest BCUT2D eigenvalue weighted by Gasteiger charge is -2.34. The van der Waals surface area contributed by atoms with Crippen LogP contribution in [0.3, 0.4) is 0 Å². The van der Waals surface area contributed by atoms with E-state index in [1.165, 1.54) is 37.1 Å². The van der Waals surface area contributed by atoms with Crippen LogP contribution in [-0.2, 0) is 9.57 Å². The Labute approximate surface area is 170 Å². The lowest BCUT2D eigenvalue weighted by atomic mass is 9.91. The Hall–Kier alpha value is -2.48. The van der Waals surface area contributed by atoms with Crippen LogP contribution in [0.1, 0.15) is 25.7 Å². The second kappa shape index (κ2) is 7.40. The number of fused-ring (bicyclic) bond motifs is 3. The van der Waals surface area contributed by atoms with E-state index in [2.05, 4.69) is 44.8 Å². The van der Waals surface area contributed by atoms with Gasteiger partial charge in [0.1, 0.15) is 0 Å². The Morgan fingerprint density at radius 3 is 2.90 bits per heavy atom. The number of allylic oxidation sites excluding steroid dienone is 3. The summed E-state index contributed by atoms with van der Waals surface area (Å²) >= 11 is 0. The van der Waals surface area contributed by atoms with Crippen molar-refractivity contribution in [1.82, 2.24) is 15.1 Å². The van der Waals surface area contributed by atoms with Gasteiger partial charge in [-0.05, 0) is 44.3 Å². The summed E-state index contributed by atoms with van der Waals surface area (Å²) in [5.41, 5.74) is 3.54. The van der Waals surface area contributed by atoms with Gasteiger partial charge in [0.05, 0.1) is 30.9 Å². The van der Waals surface area contributed by atoms with E-state index in [0.717, 1.165) is 53.8 Å². The van der Waals surface area contributed by atoms with Gasteiger partial charge >= 0.3 is 5.88 Å². The number of aromatic nitrogens is 2. The molecule has 0 saturated carbocycles. The van der Waals surface area contributed by atoms with Crippen LogP contribution < -0.4 is 15.8 Å². The molecule has 0 amide bonds. The number of rotatable bonds is 6. The lowest BCUT2D eigenvalue weighted by molar-refractivity contribution is -0.962. The van der Waals surface area contributed by atoms with Gasteiger partial charge in [0.15, 0.2) is 17.7 Å². The smallest absolute Gasteiger partial charge is 0.335 e. The van der Waals surface area contributed by atoms with E-state index in [4.69, 9.17) is 9.57 Å². The third kappa shape index (κ3) is 2.92. The van der Waals surface area contributed by atoms with E-state index >= 15 is 0 Å². The van der Waals surface area contributed by atoms with Crippen molar-refractivity contribution in [2.24, 2.45) is 0 Å². The summed E-state index contributed by atoms with van der Waals surface area (Å²) in [5, 5.41) is 14.3. The SMILES string of the molecule is COC1=CC2=C(C=CCC2)C2=c3c(NCCN4CCCC4)nncc3=C[N+]12OC. The Bertz CT molecular complexity index is 1040. The highest BCUT2D eigenvalue weighted by Gasteiger charge is 2.49. The molecule has 0 spiro atoms. The van der Waals surface area contributed by atoms with E-state index in [9.17, 15) is 0 Å². The number of likely N-dealkylation sites (tertiary alicyclic amines) is 1. The highest BCUT2D eigenvalue weighted by atomic mass is 16.7. The fourth-order valence-corrected chi connectivity index (χ4v) is 4.86. The molecule has 5 rings (SSSR count). The number of anilines is 1. The molecule has 1 aromatic heterocycles. The summed E-state index contributed by atoms with van der Waals surface area (Å²) in [4.78, 5) is 8.57. The first-order valence-electron chi connectivity index (χ1n) is 10.4. The molecule has 3 aliphatic heterocycles. The van der Waals surface area contributed by atoms with Crippen molar-refractivity contribution >= 4 is 17.7 Å². The fraction of sp³-hybridized carbons (Fsp3) is 0.455. The molecule has 7 nitrogen and oxygen atoms in total. The minimum Gasteiger partial charge on any atom is -0.452 e. The first kappa shape index (κ1) is 18.5. The van der Waals surface area contributed by atoms with E-state index < -0.39 is 0 Å². The Balaban J connectivity index is 1.62. The van der Waals surface area contributed by atoms with Gasteiger partial charge in [-0.15, -0.1) is 5.10 Å². The van der Waals surface area contributed by atoms with Crippen molar-refractivity contribution in [3.63, 3.8) is 0 Å². The molecule has 0 bridgehead atoms. The van der Waals surface area contributed by atoms with E-state index in [-0.39, 0.29) is 4.65 Å². The van der Waals surface area contributed by atoms with Crippen LogP contribution in [0.5, 0.6) is 0 Å². The van der Waals surface area contributed by atoms with Crippen molar-refractivity contribution in [3.8, 4) is 0 Å². The number of nitrogens with one attached hydrogen (secondary N) is 1. The molecule has 4 aliphatic rings. The van der Waals surface area contributed by atoms with E-state index in [0.29, 0.717) is 0 Å². The van der Waals surface area contributed by atoms with Crippen LogP contribution in [0, 0.1) is 0 Å². The molecule has 1 aliphatic carbocycles. The van der Waals surface area contributed by atoms with Crippen molar-refractivity contribution in [3.05, 3.63) is 51.9 Å². The van der Waals surface area contributed by atoms with Crippen molar-refractivity contribution in [2.45, 2.75) is 25.7 Å². The van der Waals surface area contributed by atoms with Crippen LogP contribution in [0.25, 0.3) is 11.9 Å².